The highest BCUT2D eigenvalue weighted by molar-refractivity contribution is 5.32. The molecular weight excluding hydrogens is 216 g/mol. The van der Waals surface area contributed by atoms with E-state index in [9.17, 15) is 0 Å². The molecule has 0 bridgehead atoms. The van der Waals surface area contributed by atoms with E-state index in [0.29, 0.717) is 13.0 Å². The van der Waals surface area contributed by atoms with Crippen molar-refractivity contribution < 1.29 is 9.47 Å². The lowest BCUT2D eigenvalue weighted by atomic mass is 10.2. The number of ether oxygens (including phenoxy) is 2. The van der Waals surface area contributed by atoms with Crippen LogP contribution in [-0.2, 0) is 0 Å². The number of rotatable bonds is 7. The smallest absolute Gasteiger partial charge is 0.122 e. The maximum Gasteiger partial charge on any atom is 0.122 e. The first kappa shape index (κ1) is 13.3. The van der Waals surface area contributed by atoms with Gasteiger partial charge in [0.2, 0.25) is 0 Å². The Bertz CT molecular complexity index is 374. The number of nitrogens with zero attached hydrogens (tertiary/aromatic N) is 1. The molecule has 0 aromatic heterocycles. The van der Waals surface area contributed by atoms with Crippen LogP contribution in [0.3, 0.4) is 0 Å². The van der Waals surface area contributed by atoms with Gasteiger partial charge in [0, 0.05) is 12.5 Å². The van der Waals surface area contributed by atoms with Crippen molar-refractivity contribution in [1.82, 2.24) is 5.32 Å². The third-order valence-corrected chi connectivity index (χ3v) is 2.32. The maximum absolute atomic E-state index is 8.85. The SMILES string of the molecule is CCNC(C#N)CCOc1cccc(OC)c1. The molecule has 92 valence electrons. The van der Waals surface area contributed by atoms with Crippen LogP contribution < -0.4 is 14.8 Å². The lowest BCUT2D eigenvalue weighted by molar-refractivity contribution is 0.296. The first-order valence-electron chi connectivity index (χ1n) is 5.70. The van der Waals surface area contributed by atoms with Crippen LogP contribution >= 0.6 is 0 Å². The summed E-state index contributed by atoms with van der Waals surface area (Å²) in [4.78, 5) is 0. The first-order chi connectivity index (χ1) is 8.30. The summed E-state index contributed by atoms with van der Waals surface area (Å²) >= 11 is 0. The molecule has 1 N–H and O–H groups in total. The quantitative estimate of drug-likeness (QED) is 0.783. The molecule has 1 rings (SSSR count). The second-order valence-corrected chi connectivity index (χ2v) is 3.56. The monoisotopic (exact) mass is 234 g/mol. The highest BCUT2D eigenvalue weighted by atomic mass is 16.5. The molecule has 0 fully saturated rings. The average molecular weight is 234 g/mol. The molecule has 1 unspecified atom stereocenters. The first-order valence-corrected chi connectivity index (χ1v) is 5.70. The van der Waals surface area contributed by atoms with Gasteiger partial charge in [-0.3, -0.25) is 0 Å². The summed E-state index contributed by atoms with van der Waals surface area (Å²) in [5.74, 6) is 1.53. The Balaban J connectivity index is 2.37. The summed E-state index contributed by atoms with van der Waals surface area (Å²) in [5, 5.41) is 11.9. The molecule has 0 aliphatic heterocycles. The van der Waals surface area contributed by atoms with Gasteiger partial charge in [-0.15, -0.1) is 0 Å². The molecule has 1 atom stereocenters. The number of benzene rings is 1. The Labute approximate surface area is 102 Å². The number of nitriles is 1. The largest absolute Gasteiger partial charge is 0.497 e. The van der Waals surface area contributed by atoms with Gasteiger partial charge in [0.25, 0.3) is 0 Å². The van der Waals surface area contributed by atoms with E-state index in [4.69, 9.17) is 14.7 Å². The van der Waals surface area contributed by atoms with E-state index in [1.54, 1.807) is 7.11 Å². The van der Waals surface area contributed by atoms with E-state index in [0.717, 1.165) is 18.0 Å². The number of methoxy groups -OCH3 is 1. The van der Waals surface area contributed by atoms with Gasteiger partial charge < -0.3 is 14.8 Å². The molecule has 17 heavy (non-hydrogen) atoms. The fourth-order valence-corrected chi connectivity index (χ4v) is 1.44. The molecule has 0 amide bonds. The molecule has 4 nitrogen and oxygen atoms in total. The van der Waals surface area contributed by atoms with Gasteiger partial charge in [-0.1, -0.05) is 13.0 Å². The van der Waals surface area contributed by atoms with Crippen molar-refractivity contribution in [2.75, 3.05) is 20.3 Å². The van der Waals surface area contributed by atoms with E-state index < -0.39 is 0 Å². The Morgan fingerprint density at radius 1 is 1.41 bits per heavy atom. The Hall–Kier alpha value is -1.73. The Kier molecular flexibility index (Phi) is 5.91. The van der Waals surface area contributed by atoms with Crippen molar-refractivity contribution in [3.05, 3.63) is 24.3 Å². The summed E-state index contributed by atoms with van der Waals surface area (Å²) in [7, 11) is 1.62. The summed E-state index contributed by atoms with van der Waals surface area (Å²) in [6.07, 6.45) is 0.668. The molecule has 4 heteroatoms. The van der Waals surface area contributed by atoms with E-state index in [1.807, 2.05) is 31.2 Å². The summed E-state index contributed by atoms with van der Waals surface area (Å²) in [6, 6.07) is 9.49. The summed E-state index contributed by atoms with van der Waals surface area (Å²) in [6.45, 7) is 3.28. The zero-order chi connectivity index (χ0) is 12.5. The maximum atomic E-state index is 8.85. The van der Waals surface area contributed by atoms with Crippen LogP contribution in [0.2, 0.25) is 0 Å². The minimum Gasteiger partial charge on any atom is -0.497 e. The van der Waals surface area contributed by atoms with Gasteiger partial charge in [0.05, 0.1) is 25.8 Å². The van der Waals surface area contributed by atoms with Crippen molar-refractivity contribution in [2.24, 2.45) is 0 Å². The van der Waals surface area contributed by atoms with Gasteiger partial charge in [-0.05, 0) is 18.7 Å². The van der Waals surface area contributed by atoms with Crippen molar-refractivity contribution >= 4 is 0 Å². The predicted molar refractivity (Wildman–Crippen MR) is 66.2 cm³/mol. The lowest BCUT2D eigenvalue weighted by Crippen LogP contribution is -2.28. The number of hydrogen-bond donors (Lipinski definition) is 1. The minimum absolute atomic E-state index is 0.148. The zero-order valence-electron chi connectivity index (χ0n) is 10.3. The van der Waals surface area contributed by atoms with Crippen molar-refractivity contribution in [3.8, 4) is 17.6 Å². The Morgan fingerprint density at radius 2 is 2.18 bits per heavy atom. The topological polar surface area (TPSA) is 54.3 Å². The third kappa shape index (κ3) is 4.75. The van der Waals surface area contributed by atoms with Crippen molar-refractivity contribution in [2.45, 2.75) is 19.4 Å². The van der Waals surface area contributed by atoms with Crippen LogP contribution in [0.15, 0.2) is 24.3 Å². The molecule has 0 saturated carbocycles. The minimum atomic E-state index is -0.148. The molecule has 0 aliphatic carbocycles. The fourth-order valence-electron chi connectivity index (χ4n) is 1.44. The van der Waals surface area contributed by atoms with Crippen LogP contribution in [0.1, 0.15) is 13.3 Å². The molecule has 0 radical (unpaired) electrons. The molecule has 0 heterocycles. The molecule has 0 saturated heterocycles. The summed E-state index contributed by atoms with van der Waals surface area (Å²) in [5.41, 5.74) is 0. The highest BCUT2D eigenvalue weighted by Gasteiger charge is 2.05. The predicted octanol–water partition coefficient (Wildman–Crippen LogP) is 1.97. The normalized spacial score (nSPS) is 11.6. The standard InChI is InChI=1S/C13H18N2O2/c1-3-15-11(10-14)7-8-17-13-6-4-5-12(9-13)16-2/h4-6,9,11,15H,3,7-8H2,1-2H3. The number of hydrogen-bond acceptors (Lipinski definition) is 4. The molecule has 1 aromatic carbocycles. The lowest BCUT2D eigenvalue weighted by Gasteiger charge is -2.11. The molecule has 0 spiro atoms. The van der Waals surface area contributed by atoms with E-state index in [-0.39, 0.29) is 6.04 Å². The van der Waals surface area contributed by atoms with E-state index in [1.165, 1.54) is 0 Å². The molecular formula is C13H18N2O2. The Morgan fingerprint density at radius 3 is 2.82 bits per heavy atom. The number of nitrogens with one attached hydrogen (secondary N) is 1. The van der Waals surface area contributed by atoms with Crippen LogP contribution in [0.5, 0.6) is 11.5 Å². The molecule has 0 aliphatic rings. The fraction of sp³-hybridized carbons (Fsp3) is 0.462. The second kappa shape index (κ2) is 7.53. The van der Waals surface area contributed by atoms with Gasteiger partial charge >= 0.3 is 0 Å². The zero-order valence-corrected chi connectivity index (χ0v) is 10.3. The highest BCUT2D eigenvalue weighted by Crippen LogP contribution is 2.18. The van der Waals surface area contributed by atoms with Crippen LogP contribution in [-0.4, -0.2) is 26.3 Å². The van der Waals surface area contributed by atoms with Gasteiger partial charge in [0.1, 0.15) is 11.5 Å². The third-order valence-electron chi connectivity index (χ3n) is 2.32. The van der Waals surface area contributed by atoms with Crippen molar-refractivity contribution in [3.63, 3.8) is 0 Å². The molecule has 1 aromatic rings. The summed E-state index contributed by atoms with van der Waals surface area (Å²) < 4.78 is 10.7. The van der Waals surface area contributed by atoms with E-state index in [2.05, 4.69) is 11.4 Å². The van der Waals surface area contributed by atoms with Gasteiger partial charge in [-0.25, -0.2) is 0 Å². The van der Waals surface area contributed by atoms with Crippen molar-refractivity contribution in [1.29, 1.82) is 5.26 Å². The van der Waals surface area contributed by atoms with Gasteiger partial charge in [0.15, 0.2) is 0 Å². The second-order valence-electron chi connectivity index (χ2n) is 3.56. The average Bonchev–Trinajstić information content (AvgIpc) is 2.38. The van der Waals surface area contributed by atoms with Gasteiger partial charge in [-0.2, -0.15) is 5.26 Å². The van der Waals surface area contributed by atoms with Crippen LogP contribution in [0, 0.1) is 11.3 Å². The van der Waals surface area contributed by atoms with Crippen LogP contribution in [0.25, 0.3) is 0 Å². The van der Waals surface area contributed by atoms with E-state index >= 15 is 0 Å². The van der Waals surface area contributed by atoms with Crippen LogP contribution in [0.4, 0.5) is 0 Å².